The first kappa shape index (κ1) is 18.7. The molecule has 0 radical (unpaired) electrons. The van der Waals surface area contributed by atoms with Crippen LogP contribution in [0.2, 0.25) is 0 Å². The summed E-state index contributed by atoms with van der Waals surface area (Å²) in [6, 6.07) is 26.1. The van der Waals surface area contributed by atoms with Crippen LogP contribution in [0.1, 0.15) is 11.1 Å². The largest absolute Gasteiger partial charge is 0.283 e. The van der Waals surface area contributed by atoms with Crippen molar-refractivity contribution in [3.63, 3.8) is 0 Å². The maximum atomic E-state index is 13.2. The molecule has 4 aromatic rings. The molecule has 0 fully saturated rings. The Kier molecular flexibility index (Phi) is 5.74. The lowest BCUT2D eigenvalue weighted by Crippen LogP contribution is -2.31. The Labute approximate surface area is 173 Å². The SMILES string of the molecule is CSc1cccc2sc(N(Cc3ccccc3)C(=O)Cc3ccccc3)nc12. The number of amides is 1. The molecule has 1 heterocycles. The summed E-state index contributed by atoms with van der Waals surface area (Å²) in [5.41, 5.74) is 3.07. The van der Waals surface area contributed by atoms with Crippen LogP contribution in [-0.2, 0) is 17.8 Å². The van der Waals surface area contributed by atoms with E-state index in [4.69, 9.17) is 4.98 Å². The lowest BCUT2D eigenvalue weighted by Gasteiger charge is -2.20. The standard InChI is InChI=1S/C23H20N2OS2/c1-27-19-13-8-14-20-22(19)24-23(28-20)25(16-18-11-6-3-7-12-18)21(26)15-17-9-4-2-5-10-17/h2-14H,15-16H2,1H3. The van der Waals surface area contributed by atoms with Gasteiger partial charge in [0.2, 0.25) is 5.91 Å². The number of anilines is 1. The van der Waals surface area contributed by atoms with Crippen LogP contribution in [0.4, 0.5) is 5.13 Å². The van der Waals surface area contributed by atoms with E-state index in [-0.39, 0.29) is 5.91 Å². The molecule has 0 atom stereocenters. The average Bonchev–Trinajstić information content (AvgIpc) is 3.17. The second-order valence-electron chi connectivity index (χ2n) is 6.43. The highest BCUT2D eigenvalue weighted by molar-refractivity contribution is 7.98. The van der Waals surface area contributed by atoms with Crippen molar-refractivity contribution < 1.29 is 4.79 Å². The molecule has 0 bridgehead atoms. The van der Waals surface area contributed by atoms with Crippen LogP contribution in [0.25, 0.3) is 10.2 Å². The zero-order chi connectivity index (χ0) is 19.3. The van der Waals surface area contributed by atoms with Gasteiger partial charge in [-0.25, -0.2) is 4.98 Å². The lowest BCUT2D eigenvalue weighted by molar-refractivity contribution is -0.118. The Morgan fingerprint density at radius 3 is 2.29 bits per heavy atom. The first-order valence-electron chi connectivity index (χ1n) is 9.06. The molecule has 0 aliphatic carbocycles. The van der Waals surface area contributed by atoms with Gasteiger partial charge in [-0.3, -0.25) is 9.69 Å². The number of hydrogen-bond donors (Lipinski definition) is 0. The molecule has 3 nitrogen and oxygen atoms in total. The van der Waals surface area contributed by atoms with Crippen molar-refractivity contribution in [2.75, 3.05) is 11.2 Å². The first-order valence-corrected chi connectivity index (χ1v) is 11.1. The van der Waals surface area contributed by atoms with Gasteiger partial charge in [0.25, 0.3) is 0 Å². The minimum Gasteiger partial charge on any atom is -0.283 e. The van der Waals surface area contributed by atoms with Crippen LogP contribution in [-0.4, -0.2) is 17.1 Å². The molecule has 0 aliphatic rings. The Bertz CT molecular complexity index is 1080. The van der Waals surface area contributed by atoms with Crippen LogP contribution < -0.4 is 4.90 Å². The van der Waals surface area contributed by atoms with Crippen molar-refractivity contribution in [3.8, 4) is 0 Å². The Morgan fingerprint density at radius 1 is 0.929 bits per heavy atom. The van der Waals surface area contributed by atoms with Gasteiger partial charge in [-0.1, -0.05) is 78.1 Å². The second-order valence-corrected chi connectivity index (χ2v) is 8.29. The van der Waals surface area contributed by atoms with E-state index in [1.807, 2.05) is 71.6 Å². The first-order chi connectivity index (χ1) is 13.7. The Hall–Kier alpha value is -2.63. The van der Waals surface area contributed by atoms with Crippen molar-refractivity contribution in [2.45, 2.75) is 17.9 Å². The number of carbonyl (C=O) groups is 1. The number of rotatable bonds is 6. The van der Waals surface area contributed by atoms with Gasteiger partial charge in [0.05, 0.1) is 23.2 Å². The molecule has 0 aliphatic heterocycles. The minimum atomic E-state index is 0.0554. The molecular formula is C23H20N2OS2. The van der Waals surface area contributed by atoms with E-state index in [0.29, 0.717) is 13.0 Å². The Balaban J connectivity index is 1.71. The maximum Gasteiger partial charge on any atom is 0.233 e. The normalized spacial score (nSPS) is 10.9. The van der Waals surface area contributed by atoms with Crippen LogP contribution in [0, 0.1) is 0 Å². The van der Waals surface area contributed by atoms with Crippen LogP contribution in [0.5, 0.6) is 0 Å². The number of nitrogens with zero attached hydrogens (tertiary/aromatic N) is 2. The third-order valence-corrected chi connectivity index (χ3v) is 6.32. The number of carbonyl (C=O) groups excluding carboxylic acids is 1. The second kappa shape index (κ2) is 8.59. The third kappa shape index (κ3) is 4.11. The molecule has 5 heteroatoms. The van der Waals surface area contributed by atoms with E-state index >= 15 is 0 Å². The van der Waals surface area contributed by atoms with E-state index in [0.717, 1.165) is 31.4 Å². The number of benzene rings is 3. The van der Waals surface area contributed by atoms with Crippen molar-refractivity contribution in [1.82, 2.24) is 4.98 Å². The topological polar surface area (TPSA) is 33.2 Å². The monoisotopic (exact) mass is 404 g/mol. The number of thiazole rings is 1. The number of thioether (sulfide) groups is 1. The highest BCUT2D eigenvalue weighted by Crippen LogP contribution is 2.34. The van der Waals surface area contributed by atoms with Crippen LogP contribution >= 0.6 is 23.1 Å². The van der Waals surface area contributed by atoms with Crippen LogP contribution in [0.15, 0.2) is 83.8 Å². The summed E-state index contributed by atoms with van der Waals surface area (Å²) in [6.45, 7) is 0.515. The molecule has 3 aromatic carbocycles. The average molecular weight is 405 g/mol. The molecule has 0 unspecified atom stereocenters. The number of hydrogen-bond acceptors (Lipinski definition) is 4. The van der Waals surface area contributed by atoms with Gasteiger partial charge in [0.1, 0.15) is 0 Å². The van der Waals surface area contributed by atoms with Crippen molar-refractivity contribution in [2.24, 2.45) is 0 Å². The van der Waals surface area contributed by atoms with E-state index < -0.39 is 0 Å². The van der Waals surface area contributed by atoms with E-state index in [1.165, 1.54) is 0 Å². The van der Waals surface area contributed by atoms with Crippen molar-refractivity contribution in [3.05, 3.63) is 90.0 Å². The fourth-order valence-electron chi connectivity index (χ4n) is 3.09. The maximum absolute atomic E-state index is 13.2. The highest BCUT2D eigenvalue weighted by atomic mass is 32.2. The van der Waals surface area contributed by atoms with Gasteiger partial charge in [0, 0.05) is 4.90 Å². The summed E-state index contributed by atoms with van der Waals surface area (Å²) >= 11 is 3.25. The fraction of sp³-hybridized carbons (Fsp3) is 0.130. The number of fused-ring (bicyclic) bond motifs is 1. The zero-order valence-electron chi connectivity index (χ0n) is 15.5. The van der Waals surface area contributed by atoms with Gasteiger partial charge >= 0.3 is 0 Å². The summed E-state index contributed by atoms with van der Waals surface area (Å²) in [7, 11) is 0. The fourth-order valence-corrected chi connectivity index (χ4v) is 4.72. The Morgan fingerprint density at radius 2 is 1.61 bits per heavy atom. The molecule has 0 N–H and O–H groups in total. The van der Waals surface area contributed by atoms with Crippen molar-refractivity contribution in [1.29, 1.82) is 0 Å². The summed E-state index contributed by atoms with van der Waals surface area (Å²) < 4.78 is 1.10. The van der Waals surface area contributed by atoms with Crippen LogP contribution in [0.3, 0.4) is 0 Å². The molecule has 28 heavy (non-hydrogen) atoms. The summed E-state index contributed by atoms with van der Waals surface area (Å²) in [4.78, 5) is 21.0. The van der Waals surface area contributed by atoms with Crippen molar-refractivity contribution >= 4 is 44.4 Å². The smallest absolute Gasteiger partial charge is 0.233 e. The van der Waals surface area contributed by atoms with Gasteiger partial charge < -0.3 is 0 Å². The summed E-state index contributed by atoms with van der Waals surface area (Å²) in [6.07, 6.45) is 2.41. The molecular weight excluding hydrogens is 384 g/mol. The summed E-state index contributed by atoms with van der Waals surface area (Å²) in [5, 5.41) is 0.751. The van der Waals surface area contributed by atoms with Gasteiger partial charge in [-0.2, -0.15) is 0 Å². The van der Waals surface area contributed by atoms with Gasteiger partial charge in [-0.05, 0) is 29.5 Å². The molecule has 1 amide bonds. The number of aromatic nitrogens is 1. The van der Waals surface area contributed by atoms with Gasteiger partial charge in [-0.15, -0.1) is 11.8 Å². The van der Waals surface area contributed by atoms with E-state index in [1.54, 1.807) is 23.1 Å². The zero-order valence-corrected chi connectivity index (χ0v) is 17.2. The molecule has 4 rings (SSSR count). The third-order valence-electron chi connectivity index (χ3n) is 4.50. The molecule has 0 spiro atoms. The quantitative estimate of drug-likeness (QED) is 0.381. The molecule has 0 saturated carbocycles. The number of para-hydroxylation sites is 1. The predicted molar refractivity (Wildman–Crippen MR) is 119 cm³/mol. The summed E-state index contributed by atoms with van der Waals surface area (Å²) in [5.74, 6) is 0.0554. The lowest BCUT2D eigenvalue weighted by atomic mass is 10.1. The molecule has 1 aromatic heterocycles. The predicted octanol–water partition coefficient (Wildman–Crippen LogP) is 5.79. The highest BCUT2D eigenvalue weighted by Gasteiger charge is 2.21. The molecule has 0 saturated heterocycles. The van der Waals surface area contributed by atoms with E-state index in [9.17, 15) is 4.79 Å². The van der Waals surface area contributed by atoms with Gasteiger partial charge in [0.15, 0.2) is 5.13 Å². The molecule has 140 valence electrons. The van der Waals surface area contributed by atoms with E-state index in [2.05, 4.69) is 18.4 Å². The minimum absolute atomic E-state index is 0.0554.